The molecular formula is C14H19ClN2O. The maximum atomic E-state index is 10.9. The summed E-state index contributed by atoms with van der Waals surface area (Å²) in [7, 11) is 0. The molecule has 1 aromatic heterocycles. The van der Waals surface area contributed by atoms with Crippen LogP contribution in [0.15, 0.2) is 12.3 Å². The first-order valence-electron chi connectivity index (χ1n) is 6.72. The van der Waals surface area contributed by atoms with Gasteiger partial charge in [0, 0.05) is 11.8 Å². The molecule has 3 rings (SSSR count). The van der Waals surface area contributed by atoms with E-state index in [1.54, 1.807) is 6.07 Å². The molecule has 98 valence electrons. The molecule has 0 aliphatic heterocycles. The third-order valence-electron chi connectivity index (χ3n) is 4.44. The van der Waals surface area contributed by atoms with Crippen LogP contribution >= 0.6 is 11.6 Å². The molecule has 1 heterocycles. The SMILES string of the molecule is Nc1ncc(Cl)cc1C1(O)CCCC(C2CC2)C1. The average Bonchev–Trinajstić information content (AvgIpc) is 3.16. The van der Waals surface area contributed by atoms with Crippen molar-refractivity contribution in [1.29, 1.82) is 0 Å². The predicted octanol–water partition coefficient (Wildman–Crippen LogP) is 3.11. The van der Waals surface area contributed by atoms with Crippen molar-refractivity contribution >= 4 is 17.4 Å². The molecule has 18 heavy (non-hydrogen) atoms. The van der Waals surface area contributed by atoms with Crippen LogP contribution in [0.2, 0.25) is 5.02 Å². The Balaban J connectivity index is 1.90. The van der Waals surface area contributed by atoms with Gasteiger partial charge in [0.1, 0.15) is 5.82 Å². The fraction of sp³-hybridized carbons (Fsp3) is 0.643. The van der Waals surface area contributed by atoms with Crippen LogP contribution in [-0.4, -0.2) is 10.1 Å². The van der Waals surface area contributed by atoms with Crippen molar-refractivity contribution in [2.45, 2.75) is 44.1 Å². The van der Waals surface area contributed by atoms with Crippen molar-refractivity contribution in [3.8, 4) is 0 Å². The Morgan fingerprint density at radius 2 is 2.11 bits per heavy atom. The van der Waals surface area contributed by atoms with Gasteiger partial charge in [-0.2, -0.15) is 0 Å². The van der Waals surface area contributed by atoms with Gasteiger partial charge in [0.05, 0.1) is 10.6 Å². The van der Waals surface area contributed by atoms with E-state index in [2.05, 4.69) is 4.98 Å². The van der Waals surface area contributed by atoms with E-state index in [1.807, 2.05) is 0 Å². The zero-order valence-corrected chi connectivity index (χ0v) is 11.2. The first-order valence-corrected chi connectivity index (χ1v) is 7.10. The van der Waals surface area contributed by atoms with Gasteiger partial charge in [-0.1, -0.05) is 11.6 Å². The largest absolute Gasteiger partial charge is 0.385 e. The third-order valence-corrected chi connectivity index (χ3v) is 4.65. The van der Waals surface area contributed by atoms with Crippen LogP contribution in [0.3, 0.4) is 0 Å². The number of pyridine rings is 1. The number of nitrogens with zero attached hydrogens (tertiary/aromatic N) is 1. The van der Waals surface area contributed by atoms with E-state index in [0.717, 1.165) is 30.7 Å². The summed E-state index contributed by atoms with van der Waals surface area (Å²) < 4.78 is 0. The molecule has 1 aromatic rings. The molecule has 0 spiro atoms. The molecule has 0 aromatic carbocycles. The predicted molar refractivity (Wildman–Crippen MR) is 72.2 cm³/mol. The van der Waals surface area contributed by atoms with Crippen molar-refractivity contribution in [1.82, 2.24) is 4.98 Å². The monoisotopic (exact) mass is 266 g/mol. The molecule has 0 bridgehead atoms. The molecular weight excluding hydrogens is 248 g/mol. The standard InChI is InChI=1S/C14H19ClN2O/c15-11-6-12(13(16)17-8-11)14(18)5-1-2-10(7-14)9-3-4-9/h6,8-10,18H,1-5,7H2,(H2,16,17). The number of hydrogen-bond acceptors (Lipinski definition) is 3. The number of anilines is 1. The summed E-state index contributed by atoms with van der Waals surface area (Å²) in [6.45, 7) is 0. The van der Waals surface area contributed by atoms with E-state index in [-0.39, 0.29) is 0 Å². The zero-order valence-electron chi connectivity index (χ0n) is 10.4. The first-order chi connectivity index (χ1) is 8.58. The van der Waals surface area contributed by atoms with Crippen molar-refractivity contribution in [2.24, 2.45) is 11.8 Å². The lowest BCUT2D eigenvalue weighted by Gasteiger charge is -2.37. The Labute approximate surface area is 112 Å². The van der Waals surface area contributed by atoms with Crippen molar-refractivity contribution in [3.05, 3.63) is 22.8 Å². The van der Waals surface area contributed by atoms with Crippen molar-refractivity contribution in [3.63, 3.8) is 0 Å². The van der Waals surface area contributed by atoms with Gasteiger partial charge in [0.15, 0.2) is 0 Å². The number of halogens is 1. The summed E-state index contributed by atoms with van der Waals surface area (Å²) in [5, 5.41) is 11.5. The smallest absolute Gasteiger partial charge is 0.129 e. The molecule has 2 saturated carbocycles. The highest BCUT2D eigenvalue weighted by molar-refractivity contribution is 6.30. The molecule has 0 saturated heterocycles. The van der Waals surface area contributed by atoms with Crippen molar-refractivity contribution in [2.75, 3.05) is 5.73 Å². The molecule has 2 fully saturated rings. The Kier molecular flexibility index (Phi) is 2.99. The normalized spacial score (nSPS) is 32.4. The summed E-state index contributed by atoms with van der Waals surface area (Å²) in [6.07, 6.45) is 8.05. The van der Waals surface area contributed by atoms with Crippen LogP contribution in [0.5, 0.6) is 0 Å². The summed E-state index contributed by atoms with van der Waals surface area (Å²) in [5.74, 6) is 1.88. The third kappa shape index (κ3) is 2.21. The van der Waals surface area contributed by atoms with Gasteiger partial charge in [-0.05, 0) is 56.4 Å². The summed E-state index contributed by atoms with van der Waals surface area (Å²) >= 11 is 5.98. The van der Waals surface area contributed by atoms with Crippen LogP contribution in [-0.2, 0) is 5.60 Å². The molecule has 2 atom stereocenters. The van der Waals surface area contributed by atoms with Gasteiger partial charge in [-0.25, -0.2) is 4.98 Å². The maximum Gasteiger partial charge on any atom is 0.129 e. The van der Waals surface area contributed by atoms with E-state index in [9.17, 15) is 5.11 Å². The van der Waals surface area contributed by atoms with Crippen LogP contribution in [0.4, 0.5) is 5.82 Å². The fourth-order valence-electron chi connectivity index (χ4n) is 3.33. The van der Waals surface area contributed by atoms with Crippen LogP contribution < -0.4 is 5.73 Å². The minimum absolute atomic E-state index is 0.415. The summed E-state index contributed by atoms with van der Waals surface area (Å²) in [6, 6.07) is 1.78. The second-order valence-corrected chi connectivity index (χ2v) is 6.25. The lowest BCUT2D eigenvalue weighted by atomic mass is 9.73. The van der Waals surface area contributed by atoms with Crippen molar-refractivity contribution < 1.29 is 5.11 Å². The van der Waals surface area contributed by atoms with Gasteiger partial charge in [0.25, 0.3) is 0 Å². The molecule has 0 radical (unpaired) electrons. The molecule has 2 aliphatic rings. The van der Waals surface area contributed by atoms with Gasteiger partial charge < -0.3 is 10.8 Å². The first kappa shape index (κ1) is 12.2. The molecule has 2 unspecified atom stereocenters. The molecule has 0 amide bonds. The molecule has 3 nitrogen and oxygen atoms in total. The topological polar surface area (TPSA) is 59.1 Å². The Hall–Kier alpha value is -0.800. The Morgan fingerprint density at radius 3 is 2.83 bits per heavy atom. The quantitative estimate of drug-likeness (QED) is 0.865. The highest BCUT2D eigenvalue weighted by Crippen LogP contribution is 2.50. The number of nitrogens with two attached hydrogens (primary N) is 1. The highest BCUT2D eigenvalue weighted by atomic mass is 35.5. The minimum Gasteiger partial charge on any atom is -0.385 e. The highest BCUT2D eigenvalue weighted by Gasteiger charge is 2.42. The second-order valence-electron chi connectivity index (χ2n) is 5.81. The second kappa shape index (κ2) is 4.39. The Bertz CT molecular complexity index is 461. The average molecular weight is 267 g/mol. The van der Waals surface area contributed by atoms with Crippen LogP contribution in [0.25, 0.3) is 0 Å². The van der Waals surface area contributed by atoms with E-state index < -0.39 is 5.60 Å². The van der Waals surface area contributed by atoms with Gasteiger partial charge in [0.2, 0.25) is 0 Å². The zero-order chi connectivity index (χ0) is 12.8. The van der Waals surface area contributed by atoms with Gasteiger partial charge in [-0.3, -0.25) is 0 Å². The van der Waals surface area contributed by atoms with Gasteiger partial charge >= 0.3 is 0 Å². The Morgan fingerprint density at radius 1 is 1.33 bits per heavy atom. The maximum absolute atomic E-state index is 10.9. The summed E-state index contributed by atoms with van der Waals surface area (Å²) in [5.41, 5.74) is 5.81. The van der Waals surface area contributed by atoms with E-state index in [4.69, 9.17) is 17.3 Å². The van der Waals surface area contributed by atoms with Crippen LogP contribution in [0.1, 0.15) is 44.1 Å². The number of hydrogen-bond donors (Lipinski definition) is 2. The number of aromatic nitrogens is 1. The molecule has 3 N–H and O–H groups in total. The lowest BCUT2D eigenvalue weighted by molar-refractivity contribution is -0.0246. The number of rotatable bonds is 2. The minimum atomic E-state index is -0.826. The van der Waals surface area contributed by atoms with E-state index in [0.29, 0.717) is 16.8 Å². The molecule has 4 heteroatoms. The number of nitrogen functional groups attached to an aromatic ring is 1. The van der Waals surface area contributed by atoms with Gasteiger partial charge in [-0.15, -0.1) is 0 Å². The van der Waals surface area contributed by atoms with E-state index in [1.165, 1.54) is 25.5 Å². The van der Waals surface area contributed by atoms with E-state index >= 15 is 0 Å². The number of aliphatic hydroxyl groups is 1. The summed E-state index contributed by atoms with van der Waals surface area (Å²) in [4.78, 5) is 4.07. The lowest BCUT2D eigenvalue weighted by Crippen LogP contribution is -2.34. The molecule has 2 aliphatic carbocycles. The van der Waals surface area contributed by atoms with Crippen LogP contribution in [0, 0.1) is 11.8 Å². The fourth-order valence-corrected chi connectivity index (χ4v) is 3.49.